The molecule has 1 saturated heterocycles. The van der Waals surface area contributed by atoms with Crippen LogP contribution in [0.2, 0.25) is 5.02 Å². The van der Waals surface area contributed by atoms with Crippen molar-refractivity contribution in [2.75, 3.05) is 38.3 Å². The van der Waals surface area contributed by atoms with Gasteiger partial charge in [0.15, 0.2) is 6.61 Å². The minimum Gasteiger partial charge on any atom is -0.497 e. The molecule has 0 saturated carbocycles. The lowest BCUT2D eigenvalue weighted by Gasteiger charge is -2.39. The predicted molar refractivity (Wildman–Crippen MR) is 126 cm³/mol. The number of hydrogen-bond donors (Lipinski definition) is 0. The number of hydrogen-bond acceptors (Lipinski definition) is 7. The van der Waals surface area contributed by atoms with Crippen LogP contribution >= 0.6 is 23.1 Å². The molecule has 0 bridgehead atoms. The van der Waals surface area contributed by atoms with E-state index in [4.69, 9.17) is 26.1 Å². The molecular formula is C23H25ClN4O3S. The smallest absolute Gasteiger partial charge is 0.260 e. The van der Waals surface area contributed by atoms with E-state index in [1.807, 2.05) is 36.1 Å². The van der Waals surface area contributed by atoms with Gasteiger partial charge in [-0.05, 0) is 48.9 Å². The van der Waals surface area contributed by atoms with E-state index in [0.717, 1.165) is 22.3 Å². The summed E-state index contributed by atoms with van der Waals surface area (Å²) in [6.45, 7) is 4.10. The Labute approximate surface area is 196 Å². The number of aromatic nitrogens is 2. The molecule has 0 spiro atoms. The number of halogens is 1. The molecule has 0 N–H and O–H groups in total. The summed E-state index contributed by atoms with van der Waals surface area (Å²) in [6.07, 6.45) is 0.656. The first-order valence-corrected chi connectivity index (χ1v) is 11.6. The molecule has 1 fully saturated rings. The van der Waals surface area contributed by atoms with Gasteiger partial charge < -0.3 is 19.3 Å². The zero-order valence-electron chi connectivity index (χ0n) is 18.0. The zero-order chi connectivity index (χ0) is 22.5. The molecule has 1 unspecified atom stereocenters. The number of carbonyl (C=O) groups excluding carboxylic acids is 1. The maximum Gasteiger partial charge on any atom is 0.260 e. The summed E-state index contributed by atoms with van der Waals surface area (Å²) in [5.41, 5.74) is 1.11. The Bertz CT molecular complexity index is 1060. The van der Waals surface area contributed by atoms with E-state index in [9.17, 15) is 4.79 Å². The van der Waals surface area contributed by atoms with Gasteiger partial charge in [0.25, 0.3) is 5.91 Å². The van der Waals surface area contributed by atoms with Gasteiger partial charge in [-0.1, -0.05) is 23.7 Å². The molecule has 2 heterocycles. The highest BCUT2D eigenvalue weighted by Crippen LogP contribution is 2.23. The predicted octanol–water partition coefficient (Wildman–Crippen LogP) is 3.91. The van der Waals surface area contributed by atoms with Crippen LogP contribution in [0.4, 0.5) is 5.13 Å². The van der Waals surface area contributed by atoms with Crippen molar-refractivity contribution < 1.29 is 14.3 Å². The molecule has 1 atom stereocenters. The summed E-state index contributed by atoms with van der Waals surface area (Å²) >= 11 is 7.28. The normalized spacial score (nSPS) is 16.2. The summed E-state index contributed by atoms with van der Waals surface area (Å²) < 4.78 is 15.4. The topological polar surface area (TPSA) is 67.8 Å². The molecule has 3 aromatic rings. The number of ether oxygens (including phenoxy) is 2. The van der Waals surface area contributed by atoms with Crippen molar-refractivity contribution in [3.05, 3.63) is 64.9 Å². The molecule has 9 heteroatoms. The maximum atomic E-state index is 12.7. The fourth-order valence-electron chi connectivity index (χ4n) is 3.67. The molecule has 0 aliphatic carbocycles. The minimum atomic E-state index is -0.0249. The van der Waals surface area contributed by atoms with Crippen molar-refractivity contribution in [3.63, 3.8) is 0 Å². The quantitative estimate of drug-likeness (QED) is 0.519. The van der Waals surface area contributed by atoms with Crippen LogP contribution < -0.4 is 14.4 Å². The number of carbonyl (C=O) groups is 1. The SMILES string of the molecule is COc1cccc(Cc2nsc(N3CCN(C(=O)COc4ccc(Cl)cc4)C(C)C3)n2)c1. The van der Waals surface area contributed by atoms with E-state index >= 15 is 0 Å². The molecule has 2 aromatic carbocycles. The molecule has 1 amide bonds. The molecule has 1 aliphatic heterocycles. The third-order valence-electron chi connectivity index (χ3n) is 5.35. The number of methoxy groups -OCH3 is 1. The van der Waals surface area contributed by atoms with Gasteiger partial charge in [0, 0.05) is 48.7 Å². The van der Waals surface area contributed by atoms with Crippen molar-refractivity contribution in [1.29, 1.82) is 0 Å². The van der Waals surface area contributed by atoms with Crippen molar-refractivity contribution in [2.45, 2.75) is 19.4 Å². The van der Waals surface area contributed by atoms with Gasteiger partial charge in [-0.3, -0.25) is 4.79 Å². The van der Waals surface area contributed by atoms with Gasteiger partial charge in [-0.15, -0.1) is 0 Å². The van der Waals surface area contributed by atoms with E-state index in [1.54, 1.807) is 31.4 Å². The van der Waals surface area contributed by atoms with Crippen molar-refractivity contribution in [1.82, 2.24) is 14.3 Å². The van der Waals surface area contributed by atoms with E-state index < -0.39 is 0 Å². The first-order valence-electron chi connectivity index (χ1n) is 10.4. The molecule has 0 radical (unpaired) electrons. The first-order chi connectivity index (χ1) is 15.5. The Morgan fingerprint density at radius 1 is 1.19 bits per heavy atom. The highest BCUT2D eigenvalue weighted by Gasteiger charge is 2.29. The van der Waals surface area contributed by atoms with Crippen LogP contribution in [0.5, 0.6) is 11.5 Å². The summed E-state index contributed by atoms with van der Waals surface area (Å²) in [5, 5.41) is 1.52. The third-order valence-corrected chi connectivity index (χ3v) is 6.41. The lowest BCUT2D eigenvalue weighted by Crippen LogP contribution is -2.55. The van der Waals surface area contributed by atoms with Gasteiger partial charge in [-0.2, -0.15) is 4.37 Å². The van der Waals surface area contributed by atoms with Gasteiger partial charge in [-0.25, -0.2) is 4.98 Å². The van der Waals surface area contributed by atoms with Crippen molar-refractivity contribution in [3.8, 4) is 11.5 Å². The molecule has 32 heavy (non-hydrogen) atoms. The Hall–Kier alpha value is -2.84. The molecule has 1 aromatic heterocycles. The molecule has 168 valence electrons. The first kappa shape index (κ1) is 22.4. The van der Waals surface area contributed by atoms with Crippen molar-refractivity contribution in [2.24, 2.45) is 0 Å². The highest BCUT2D eigenvalue weighted by molar-refractivity contribution is 7.09. The average Bonchev–Trinajstić information content (AvgIpc) is 3.27. The summed E-state index contributed by atoms with van der Waals surface area (Å²) in [5.74, 6) is 2.22. The van der Waals surface area contributed by atoms with Gasteiger partial charge in [0.2, 0.25) is 5.13 Å². The van der Waals surface area contributed by atoms with Gasteiger partial charge in [0.1, 0.15) is 17.3 Å². The molecule has 4 rings (SSSR count). The van der Waals surface area contributed by atoms with Crippen LogP contribution in [0, 0.1) is 0 Å². The molecule has 1 aliphatic rings. The van der Waals surface area contributed by atoms with Gasteiger partial charge in [0.05, 0.1) is 7.11 Å². The number of benzene rings is 2. The third kappa shape index (κ3) is 5.49. The molecule has 7 nitrogen and oxygen atoms in total. The van der Waals surface area contributed by atoms with Crippen LogP contribution in [-0.2, 0) is 11.2 Å². The summed E-state index contributed by atoms with van der Waals surface area (Å²) in [7, 11) is 1.66. The van der Waals surface area contributed by atoms with Gasteiger partial charge >= 0.3 is 0 Å². The number of amides is 1. The monoisotopic (exact) mass is 472 g/mol. The standard InChI is InChI=1S/C23H25ClN4O3S/c1-16-14-27(10-11-28(16)22(29)15-31-19-8-6-18(24)7-9-19)23-25-21(26-32-23)13-17-4-3-5-20(12-17)30-2/h3-9,12,16H,10-11,13-15H2,1-2H3. The molecular weight excluding hydrogens is 448 g/mol. The second-order valence-corrected chi connectivity index (χ2v) is 8.81. The highest BCUT2D eigenvalue weighted by atomic mass is 35.5. The average molecular weight is 473 g/mol. The van der Waals surface area contributed by atoms with Crippen molar-refractivity contribution >= 4 is 34.2 Å². The number of nitrogens with zero attached hydrogens (tertiary/aromatic N) is 4. The Kier molecular flexibility index (Phi) is 7.12. The van der Waals surface area contributed by atoms with Crippen LogP contribution in [0.1, 0.15) is 18.3 Å². The number of rotatable bonds is 7. The Morgan fingerprint density at radius 3 is 2.75 bits per heavy atom. The largest absolute Gasteiger partial charge is 0.497 e. The minimum absolute atomic E-state index is 0.00939. The van der Waals surface area contributed by atoms with Crippen LogP contribution in [0.15, 0.2) is 48.5 Å². The van der Waals surface area contributed by atoms with E-state index in [2.05, 4.69) is 9.27 Å². The summed E-state index contributed by atoms with van der Waals surface area (Å²) in [6, 6.07) is 15.0. The zero-order valence-corrected chi connectivity index (χ0v) is 19.6. The fourth-order valence-corrected chi connectivity index (χ4v) is 4.52. The van der Waals surface area contributed by atoms with E-state index in [0.29, 0.717) is 36.8 Å². The Balaban J connectivity index is 1.31. The second-order valence-electron chi connectivity index (χ2n) is 7.65. The number of anilines is 1. The fraction of sp³-hybridized carbons (Fsp3) is 0.348. The Morgan fingerprint density at radius 2 is 2.00 bits per heavy atom. The lowest BCUT2D eigenvalue weighted by molar-refractivity contribution is -0.135. The van der Waals surface area contributed by atoms with Crippen LogP contribution in [-0.4, -0.2) is 59.6 Å². The maximum absolute atomic E-state index is 12.7. The lowest BCUT2D eigenvalue weighted by atomic mass is 10.1. The van der Waals surface area contributed by atoms with Crippen LogP contribution in [0.25, 0.3) is 0 Å². The van der Waals surface area contributed by atoms with E-state index in [1.165, 1.54) is 11.5 Å². The number of piperazine rings is 1. The summed E-state index contributed by atoms with van der Waals surface area (Å²) in [4.78, 5) is 21.5. The second kappa shape index (κ2) is 10.2. The van der Waals surface area contributed by atoms with Crippen LogP contribution in [0.3, 0.4) is 0 Å². The van der Waals surface area contributed by atoms with E-state index in [-0.39, 0.29) is 18.6 Å².